The number of hydrogen-bond acceptors (Lipinski definition) is 6. The van der Waals surface area contributed by atoms with Crippen molar-refractivity contribution in [2.45, 2.75) is 18.6 Å². The largest absolute Gasteiger partial charge is 0.497 e. The average Bonchev–Trinajstić information content (AvgIpc) is 2.99. The highest BCUT2D eigenvalue weighted by Gasteiger charge is 2.40. The van der Waals surface area contributed by atoms with E-state index in [0.29, 0.717) is 17.1 Å². The first-order valence-corrected chi connectivity index (χ1v) is 9.48. The molecule has 1 aliphatic heterocycles. The highest BCUT2D eigenvalue weighted by molar-refractivity contribution is 8.14. The number of hydrogen-bond donors (Lipinski definition) is 1. The smallest absolute Gasteiger partial charge is 0.247 e. The number of benzene rings is 2. The quantitative estimate of drug-likeness (QED) is 0.363. The van der Waals surface area contributed by atoms with Gasteiger partial charge >= 0.3 is 0 Å². The molecule has 2 aromatic rings. The van der Waals surface area contributed by atoms with Gasteiger partial charge in [-0.2, -0.15) is 5.10 Å². The Kier molecular flexibility index (Phi) is 6.10. The number of ether oxygens (including phenoxy) is 1. The Morgan fingerprint density at radius 3 is 2.43 bits per heavy atom. The molecular formula is C20H20N4O3S. The zero-order chi connectivity index (χ0) is 20.1. The number of nitrogens with zero attached hydrogens (tertiary/aromatic N) is 3. The van der Waals surface area contributed by atoms with Crippen molar-refractivity contribution in [2.24, 2.45) is 15.9 Å². The molecule has 3 rings (SSSR count). The summed E-state index contributed by atoms with van der Waals surface area (Å²) in [5, 5.41) is 7.62. The Balaban J connectivity index is 1.69. The Morgan fingerprint density at radius 2 is 1.79 bits per heavy atom. The van der Waals surface area contributed by atoms with Gasteiger partial charge in [-0.05, 0) is 36.8 Å². The molecule has 2 aromatic carbocycles. The maximum Gasteiger partial charge on any atom is 0.247 e. The third-order valence-corrected chi connectivity index (χ3v) is 5.16. The molecule has 0 aliphatic carbocycles. The van der Waals surface area contributed by atoms with Crippen LogP contribution in [0.3, 0.4) is 0 Å². The highest BCUT2D eigenvalue weighted by Crippen LogP contribution is 2.30. The lowest BCUT2D eigenvalue weighted by molar-refractivity contribution is -0.121. The van der Waals surface area contributed by atoms with E-state index in [2.05, 4.69) is 10.2 Å². The van der Waals surface area contributed by atoms with Crippen LogP contribution in [0.15, 0.2) is 64.8 Å². The molecule has 1 fully saturated rings. The summed E-state index contributed by atoms with van der Waals surface area (Å²) in [7, 11) is 1.55. The molecule has 0 bridgehead atoms. The van der Waals surface area contributed by atoms with Gasteiger partial charge in [0, 0.05) is 6.42 Å². The van der Waals surface area contributed by atoms with Crippen LogP contribution in [-0.2, 0) is 9.59 Å². The number of thioether (sulfide) groups is 1. The van der Waals surface area contributed by atoms with Crippen LogP contribution < -0.4 is 15.4 Å². The number of carbonyl (C=O) groups is 2. The van der Waals surface area contributed by atoms with Crippen LogP contribution in [0.2, 0.25) is 0 Å². The molecule has 144 valence electrons. The lowest BCUT2D eigenvalue weighted by atomic mass is 10.1. The SMILES string of the molecule is COc1ccc(N2C(=O)CC(S/C(N)=N/N=C(\C)c3ccccc3)C2=O)cc1. The minimum Gasteiger partial charge on any atom is -0.497 e. The van der Waals surface area contributed by atoms with Crippen LogP contribution in [-0.4, -0.2) is 35.1 Å². The van der Waals surface area contributed by atoms with Crippen LogP contribution in [0.1, 0.15) is 18.9 Å². The van der Waals surface area contributed by atoms with Crippen molar-refractivity contribution in [3.63, 3.8) is 0 Å². The van der Waals surface area contributed by atoms with Crippen molar-refractivity contribution in [2.75, 3.05) is 12.0 Å². The minimum atomic E-state index is -0.620. The van der Waals surface area contributed by atoms with Crippen molar-refractivity contribution in [1.29, 1.82) is 0 Å². The van der Waals surface area contributed by atoms with E-state index in [9.17, 15) is 9.59 Å². The molecule has 1 aliphatic rings. The van der Waals surface area contributed by atoms with Crippen LogP contribution >= 0.6 is 11.8 Å². The van der Waals surface area contributed by atoms with Crippen LogP contribution in [0.4, 0.5) is 5.69 Å². The molecule has 0 saturated carbocycles. The minimum absolute atomic E-state index is 0.0626. The Labute approximate surface area is 167 Å². The Morgan fingerprint density at radius 1 is 1.11 bits per heavy atom. The molecule has 1 unspecified atom stereocenters. The molecule has 1 atom stereocenters. The van der Waals surface area contributed by atoms with Crippen LogP contribution in [0.5, 0.6) is 5.75 Å². The molecule has 0 radical (unpaired) electrons. The lowest BCUT2D eigenvalue weighted by Crippen LogP contribution is -2.31. The molecule has 1 saturated heterocycles. The van der Waals surface area contributed by atoms with Gasteiger partial charge < -0.3 is 10.5 Å². The van der Waals surface area contributed by atoms with E-state index < -0.39 is 5.25 Å². The van der Waals surface area contributed by atoms with Gasteiger partial charge in [0.25, 0.3) is 0 Å². The molecule has 0 spiro atoms. The second-order valence-electron chi connectivity index (χ2n) is 6.07. The first kappa shape index (κ1) is 19.6. The summed E-state index contributed by atoms with van der Waals surface area (Å²) in [5.74, 6) is 0.0586. The van der Waals surface area contributed by atoms with Crippen LogP contribution in [0.25, 0.3) is 0 Å². The van der Waals surface area contributed by atoms with E-state index in [-0.39, 0.29) is 23.4 Å². The number of nitrogens with two attached hydrogens (primary N) is 1. The van der Waals surface area contributed by atoms with Gasteiger partial charge in [0.1, 0.15) is 11.0 Å². The van der Waals surface area contributed by atoms with Gasteiger partial charge in [0.2, 0.25) is 11.8 Å². The van der Waals surface area contributed by atoms with Crippen molar-refractivity contribution in [1.82, 2.24) is 0 Å². The number of rotatable bonds is 5. The second-order valence-corrected chi connectivity index (χ2v) is 7.29. The van der Waals surface area contributed by atoms with Gasteiger partial charge in [-0.15, -0.1) is 5.10 Å². The summed E-state index contributed by atoms with van der Waals surface area (Å²) in [5.41, 5.74) is 8.06. The topological polar surface area (TPSA) is 97.3 Å². The molecule has 2 N–H and O–H groups in total. The molecule has 2 amide bonds. The van der Waals surface area contributed by atoms with Crippen LogP contribution in [0, 0.1) is 0 Å². The van der Waals surface area contributed by atoms with Gasteiger partial charge in [-0.25, -0.2) is 4.90 Å². The number of amidine groups is 1. The lowest BCUT2D eigenvalue weighted by Gasteiger charge is -2.15. The van der Waals surface area contributed by atoms with Gasteiger partial charge in [0.05, 0.1) is 18.5 Å². The Hall–Kier alpha value is -3.13. The fourth-order valence-corrected chi connectivity index (χ4v) is 3.54. The number of anilines is 1. The summed E-state index contributed by atoms with van der Waals surface area (Å²) >= 11 is 1.05. The van der Waals surface area contributed by atoms with Crippen molar-refractivity contribution in [3.05, 3.63) is 60.2 Å². The standard InChI is InChI=1S/C20H20N4O3S/c1-13(14-6-4-3-5-7-14)22-23-20(21)28-17-12-18(25)24(19(17)26)15-8-10-16(27-2)11-9-15/h3-11,17H,12H2,1-2H3,(H2,21,23)/b22-13+. The summed E-state index contributed by atoms with van der Waals surface area (Å²) < 4.78 is 5.10. The zero-order valence-corrected chi connectivity index (χ0v) is 16.3. The summed E-state index contributed by atoms with van der Waals surface area (Å²) in [6.07, 6.45) is 0.0626. The maximum absolute atomic E-state index is 12.7. The second kappa shape index (κ2) is 8.71. The molecule has 0 aromatic heterocycles. The zero-order valence-electron chi connectivity index (χ0n) is 15.5. The maximum atomic E-state index is 12.7. The first-order valence-electron chi connectivity index (χ1n) is 8.60. The van der Waals surface area contributed by atoms with Crippen molar-refractivity contribution in [3.8, 4) is 5.75 Å². The van der Waals surface area contributed by atoms with Gasteiger partial charge in [0.15, 0.2) is 5.17 Å². The van der Waals surface area contributed by atoms with Gasteiger partial charge in [-0.3, -0.25) is 9.59 Å². The van der Waals surface area contributed by atoms with Crippen molar-refractivity contribution < 1.29 is 14.3 Å². The summed E-state index contributed by atoms with van der Waals surface area (Å²) in [6.45, 7) is 1.83. The van der Waals surface area contributed by atoms with E-state index in [4.69, 9.17) is 10.5 Å². The number of carbonyl (C=O) groups excluding carboxylic acids is 2. The molecule has 28 heavy (non-hydrogen) atoms. The van der Waals surface area contributed by atoms with E-state index in [1.807, 2.05) is 37.3 Å². The van der Waals surface area contributed by atoms with E-state index in [1.165, 1.54) is 4.90 Å². The average molecular weight is 396 g/mol. The molecule has 1 heterocycles. The highest BCUT2D eigenvalue weighted by atomic mass is 32.2. The number of amides is 2. The number of imide groups is 1. The summed E-state index contributed by atoms with van der Waals surface area (Å²) in [4.78, 5) is 26.2. The normalized spacial score (nSPS) is 17.9. The third kappa shape index (κ3) is 4.40. The van der Waals surface area contributed by atoms with Gasteiger partial charge in [-0.1, -0.05) is 42.1 Å². The van der Waals surface area contributed by atoms with E-state index in [1.54, 1.807) is 31.4 Å². The monoisotopic (exact) mass is 396 g/mol. The molecule has 8 heteroatoms. The summed E-state index contributed by atoms with van der Waals surface area (Å²) in [6, 6.07) is 16.3. The molecule has 7 nitrogen and oxygen atoms in total. The predicted octanol–water partition coefficient (Wildman–Crippen LogP) is 2.80. The molecular weight excluding hydrogens is 376 g/mol. The van der Waals surface area contributed by atoms with E-state index in [0.717, 1.165) is 17.3 Å². The number of methoxy groups -OCH3 is 1. The van der Waals surface area contributed by atoms with Crippen molar-refractivity contribution >= 4 is 40.1 Å². The fourth-order valence-electron chi connectivity index (χ4n) is 2.73. The van der Waals surface area contributed by atoms with E-state index >= 15 is 0 Å². The predicted molar refractivity (Wildman–Crippen MR) is 112 cm³/mol. The fraction of sp³-hybridized carbons (Fsp3) is 0.200. The Bertz CT molecular complexity index is 926. The first-order chi connectivity index (χ1) is 13.5. The third-order valence-electron chi connectivity index (χ3n) is 4.19.